The summed E-state index contributed by atoms with van der Waals surface area (Å²) in [6.07, 6.45) is 4.48. The number of amides is 2. The van der Waals surface area contributed by atoms with Crippen molar-refractivity contribution in [1.82, 2.24) is 20.1 Å². The van der Waals surface area contributed by atoms with E-state index in [1.807, 2.05) is 109 Å². The topological polar surface area (TPSA) is 145 Å². The number of carbonyl (C=O) groups excluding carboxylic acids is 1. The van der Waals surface area contributed by atoms with Gasteiger partial charge in [0.2, 0.25) is 0 Å². The van der Waals surface area contributed by atoms with Crippen molar-refractivity contribution in [1.29, 1.82) is 10.8 Å². The SMILES string of the molecule is Cc1ccc(N=C(/C=C(\N)C(C)(C)C)NC(=O)N[C@H]2CC[C@@H](Oc3ccc(=N)n(C(=N)C(C)(C)N(C)C)c3)c3ccccc32)cc1. The molecule has 1 aliphatic rings. The fraction of sp³-hybridized carbons (Fsp3) is 0.389. The fourth-order valence-electron chi connectivity index (χ4n) is 4.96. The number of rotatable bonds is 7. The van der Waals surface area contributed by atoms with Crippen LogP contribution in [0.3, 0.4) is 0 Å². The van der Waals surface area contributed by atoms with Gasteiger partial charge < -0.3 is 15.8 Å². The number of nitrogens with one attached hydrogen (secondary N) is 4. The van der Waals surface area contributed by atoms with Crippen molar-refractivity contribution in [3.05, 3.63) is 101 Å². The molecule has 0 spiro atoms. The second-order valence-electron chi connectivity index (χ2n) is 13.6. The number of carbonyl (C=O) groups is 1. The molecule has 1 aliphatic carbocycles. The van der Waals surface area contributed by atoms with Gasteiger partial charge in [-0.1, -0.05) is 62.7 Å². The number of hydrogen-bond acceptors (Lipinski definition) is 7. The van der Waals surface area contributed by atoms with Crippen LogP contribution in [-0.4, -0.2) is 46.8 Å². The third kappa shape index (κ3) is 8.11. The number of urea groups is 1. The predicted molar refractivity (Wildman–Crippen MR) is 185 cm³/mol. The Bertz CT molecular complexity index is 1690. The van der Waals surface area contributed by atoms with Crippen LogP contribution in [0.2, 0.25) is 0 Å². The Morgan fingerprint density at radius 3 is 2.30 bits per heavy atom. The smallest absolute Gasteiger partial charge is 0.320 e. The number of hydrogen-bond donors (Lipinski definition) is 5. The Hall–Kier alpha value is -4.70. The van der Waals surface area contributed by atoms with Crippen molar-refractivity contribution in [3.63, 3.8) is 0 Å². The van der Waals surface area contributed by atoms with E-state index in [1.54, 1.807) is 29.0 Å². The first kappa shape index (κ1) is 34.2. The van der Waals surface area contributed by atoms with E-state index in [9.17, 15) is 4.79 Å². The van der Waals surface area contributed by atoms with Crippen LogP contribution in [-0.2, 0) is 0 Å². The minimum Gasteiger partial charge on any atom is -0.484 e. The third-order valence-electron chi connectivity index (χ3n) is 8.56. The normalized spacial score (nSPS) is 17.3. The van der Waals surface area contributed by atoms with Gasteiger partial charge in [-0.15, -0.1) is 0 Å². The van der Waals surface area contributed by atoms with Crippen molar-refractivity contribution >= 4 is 23.4 Å². The molecule has 0 saturated carbocycles. The van der Waals surface area contributed by atoms with E-state index in [-0.39, 0.29) is 34.9 Å². The molecule has 2 atom stereocenters. The average molecular weight is 625 g/mol. The number of fused-ring (bicyclic) bond motifs is 1. The van der Waals surface area contributed by atoms with Gasteiger partial charge in [-0.3, -0.25) is 25.6 Å². The standard InChI is InChI=1S/C36H48N8O2/c1-23-13-15-24(16-14-23)40-32(21-30(37)35(2,3)4)42-34(45)41-28-18-19-29(27-12-10-9-11-26(27)28)46-25-17-20-31(38)44(22-25)33(39)36(5,6)43(7)8/h9-17,20-22,28-29,38-39H,18-19,37H2,1-8H3,(H2,40,41,42,45)/b30-21-,38-31?,39-33?/t28-,29+/m0/s1. The monoisotopic (exact) mass is 624 g/mol. The van der Waals surface area contributed by atoms with Crippen molar-refractivity contribution < 1.29 is 9.53 Å². The largest absolute Gasteiger partial charge is 0.484 e. The van der Waals surface area contributed by atoms with Crippen LogP contribution in [0, 0.1) is 23.2 Å². The number of benzene rings is 2. The molecule has 10 heteroatoms. The Balaban J connectivity index is 1.54. The number of ether oxygens (including phenoxy) is 1. The highest BCUT2D eigenvalue weighted by atomic mass is 16.5. The van der Waals surface area contributed by atoms with Gasteiger partial charge in [-0.25, -0.2) is 9.79 Å². The van der Waals surface area contributed by atoms with Crippen LogP contribution in [0.1, 0.15) is 76.3 Å². The molecule has 0 bridgehead atoms. The molecule has 0 fully saturated rings. The summed E-state index contributed by atoms with van der Waals surface area (Å²) in [6, 6.07) is 18.5. The first-order chi connectivity index (χ1) is 21.6. The second-order valence-corrected chi connectivity index (χ2v) is 13.6. The first-order valence-electron chi connectivity index (χ1n) is 15.6. The Kier molecular flexibility index (Phi) is 10.2. The van der Waals surface area contributed by atoms with Crippen molar-refractivity contribution in [2.75, 3.05) is 14.1 Å². The van der Waals surface area contributed by atoms with Crippen LogP contribution in [0.5, 0.6) is 5.75 Å². The number of aliphatic imine (C=N–C) groups is 1. The van der Waals surface area contributed by atoms with Gasteiger partial charge in [0.1, 0.15) is 29.0 Å². The number of aromatic nitrogens is 1. The van der Waals surface area contributed by atoms with Gasteiger partial charge >= 0.3 is 6.03 Å². The molecule has 2 amide bonds. The molecule has 2 aromatic carbocycles. The Morgan fingerprint density at radius 1 is 1.02 bits per heavy atom. The maximum Gasteiger partial charge on any atom is 0.320 e. The lowest BCUT2D eigenvalue weighted by molar-refractivity contribution is 0.171. The summed E-state index contributed by atoms with van der Waals surface area (Å²) >= 11 is 0. The maximum atomic E-state index is 13.4. The van der Waals surface area contributed by atoms with E-state index >= 15 is 0 Å². The number of allylic oxidation sites excluding steroid dienone is 1. The van der Waals surface area contributed by atoms with Gasteiger partial charge in [0, 0.05) is 17.2 Å². The zero-order chi connectivity index (χ0) is 33.8. The predicted octanol–water partition coefficient (Wildman–Crippen LogP) is 6.31. The Labute approximate surface area is 272 Å². The zero-order valence-corrected chi connectivity index (χ0v) is 28.2. The number of pyridine rings is 1. The Morgan fingerprint density at radius 2 is 1.67 bits per heavy atom. The molecule has 0 radical (unpaired) electrons. The van der Waals surface area contributed by atoms with Crippen LogP contribution in [0.4, 0.5) is 10.5 Å². The highest BCUT2D eigenvalue weighted by Crippen LogP contribution is 2.38. The van der Waals surface area contributed by atoms with Crippen LogP contribution in [0.25, 0.3) is 0 Å². The van der Waals surface area contributed by atoms with E-state index < -0.39 is 5.54 Å². The van der Waals surface area contributed by atoms with Gasteiger partial charge in [-0.2, -0.15) is 0 Å². The van der Waals surface area contributed by atoms with Crippen LogP contribution in [0.15, 0.2) is 83.6 Å². The number of nitrogens with zero attached hydrogens (tertiary/aromatic N) is 3. The number of amidine groups is 1. The number of nitrogens with two attached hydrogens (primary N) is 1. The molecule has 10 nitrogen and oxygen atoms in total. The molecule has 0 saturated heterocycles. The maximum absolute atomic E-state index is 13.4. The van der Waals surface area contributed by atoms with Crippen LogP contribution >= 0.6 is 0 Å². The molecule has 244 valence electrons. The van der Waals surface area contributed by atoms with E-state index in [1.165, 1.54) is 0 Å². The quantitative estimate of drug-likeness (QED) is 0.155. The second kappa shape index (κ2) is 13.7. The lowest BCUT2D eigenvalue weighted by atomic mass is 9.85. The lowest BCUT2D eigenvalue weighted by Gasteiger charge is -2.34. The van der Waals surface area contributed by atoms with Gasteiger partial charge in [0.25, 0.3) is 0 Å². The number of aryl methyl sites for hydroxylation is 1. The molecule has 3 aromatic rings. The summed E-state index contributed by atoms with van der Waals surface area (Å²) in [4.78, 5) is 20.0. The van der Waals surface area contributed by atoms with Crippen LogP contribution < -0.4 is 26.6 Å². The van der Waals surface area contributed by atoms with E-state index in [4.69, 9.17) is 21.3 Å². The summed E-state index contributed by atoms with van der Waals surface area (Å²) in [5, 5.41) is 23.3. The van der Waals surface area contributed by atoms with E-state index in [0.29, 0.717) is 35.8 Å². The zero-order valence-electron chi connectivity index (χ0n) is 28.2. The highest BCUT2D eigenvalue weighted by molar-refractivity contribution is 6.05. The summed E-state index contributed by atoms with van der Waals surface area (Å²) in [6.45, 7) is 11.9. The van der Waals surface area contributed by atoms with Gasteiger partial charge in [0.05, 0.1) is 23.5 Å². The highest BCUT2D eigenvalue weighted by Gasteiger charge is 2.31. The molecule has 1 aromatic heterocycles. The van der Waals surface area contributed by atoms with Gasteiger partial charge in [-0.05, 0) is 83.1 Å². The summed E-state index contributed by atoms with van der Waals surface area (Å²) in [7, 11) is 3.83. The average Bonchev–Trinajstić information content (AvgIpc) is 2.99. The summed E-state index contributed by atoms with van der Waals surface area (Å²) < 4.78 is 8.04. The molecule has 4 rings (SSSR count). The van der Waals surface area contributed by atoms with E-state index in [0.717, 1.165) is 16.7 Å². The minimum atomic E-state index is -0.588. The third-order valence-corrected chi connectivity index (χ3v) is 8.56. The fourth-order valence-corrected chi connectivity index (χ4v) is 4.96. The molecule has 46 heavy (non-hydrogen) atoms. The molecule has 6 N–H and O–H groups in total. The summed E-state index contributed by atoms with van der Waals surface area (Å²) in [5.74, 6) is 1.20. The number of likely N-dealkylation sites (N-methyl/N-ethyl adjacent to an activating group) is 1. The first-order valence-corrected chi connectivity index (χ1v) is 15.6. The van der Waals surface area contributed by atoms with Crippen molar-refractivity contribution in [2.24, 2.45) is 16.1 Å². The molecule has 0 aliphatic heterocycles. The van der Waals surface area contributed by atoms with Crippen molar-refractivity contribution in [3.8, 4) is 5.75 Å². The summed E-state index contributed by atoms with van der Waals surface area (Å²) in [5.41, 5.74) is 10.1. The van der Waals surface area contributed by atoms with Crippen molar-refractivity contribution in [2.45, 2.75) is 72.1 Å². The van der Waals surface area contributed by atoms with Gasteiger partial charge in [0.15, 0.2) is 0 Å². The lowest BCUT2D eigenvalue weighted by Crippen LogP contribution is -2.50. The molecule has 0 unspecified atom stereocenters. The molecular weight excluding hydrogens is 576 g/mol. The minimum absolute atomic E-state index is 0.205. The molecular formula is C36H48N8O2. The molecule has 1 heterocycles. The van der Waals surface area contributed by atoms with E-state index in [2.05, 4.69) is 15.6 Å².